The largest absolute Gasteiger partial charge is 0.415 e. The SMILES string of the molecule is NCc1nnc(SC2CCCOC2)o1. The molecular formula is C8H13N3O2S. The van der Waals surface area contributed by atoms with Crippen molar-refractivity contribution in [3.63, 3.8) is 0 Å². The monoisotopic (exact) mass is 215 g/mol. The maximum atomic E-state index is 5.37. The summed E-state index contributed by atoms with van der Waals surface area (Å²) >= 11 is 1.58. The number of hydrogen-bond donors (Lipinski definition) is 1. The minimum absolute atomic E-state index is 0.300. The maximum Gasteiger partial charge on any atom is 0.276 e. The van der Waals surface area contributed by atoms with Gasteiger partial charge in [-0.25, -0.2) is 0 Å². The van der Waals surface area contributed by atoms with Gasteiger partial charge in [-0.15, -0.1) is 10.2 Å². The van der Waals surface area contributed by atoms with Crippen LogP contribution in [-0.2, 0) is 11.3 Å². The van der Waals surface area contributed by atoms with Crippen molar-refractivity contribution in [1.82, 2.24) is 10.2 Å². The predicted molar refractivity (Wildman–Crippen MR) is 51.9 cm³/mol. The van der Waals surface area contributed by atoms with Crippen LogP contribution < -0.4 is 5.73 Å². The van der Waals surface area contributed by atoms with Gasteiger partial charge >= 0.3 is 0 Å². The van der Waals surface area contributed by atoms with E-state index in [9.17, 15) is 0 Å². The average Bonchev–Trinajstić information content (AvgIpc) is 2.67. The molecule has 1 aliphatic heterocycles. The number of thioether (sulfide) groups is 1. The van der Waals surface area contributed by atoms with Gasteiger partial charge in [0.2, 0.25) is 5.89 Å². The first kappa shape index (κ1) is 9.95. The van der Waals surface area contributed by atoms with Crippen LogP contribution in [0.25, 0.3) is 0 Å². The second-order valence-corrected chi connectivity index (χ2v) is 4.37. The zero-order valence-electron chi connectivity index (χ0n) is 7.81. The highest BCUT2D eigenvalue weighted by atomic mass is 32.2. The van der Waals surface area contributed by atoms with Crippen molar-refractivity contribution < 1.29 is 9.15 Å². The zero-order chi connectivity index (χ0) is 9.80. The third-order valence-corrected chi connectivity index (χ3v) is 3.08. The molecule has 1 atom stereocenters. The van der Waals surface area contributed by atoms with Gasteiger partial charge in [-0.1, -0.05) is 11.8 Å². The molecular weight excluding hydrogens is 202 g/mol. The molecule has 5 nitrogen and oxygen atoms in total. The van der Waals surface area contributed by atoms with Crippen LogP contribution in [0.1, 0.15) is 18.7 Å². The van der Waals surface area contributed by atoms with E-state index in [0.29, 0.717) is 22.9 Å². The Hall–Kier alpha value is -0.590. The molecule has 1 fully saturated rings. The van der Waals surface area contributed by atoms with Crippen molar-refractivity contribution in [2.24, 2.45) is 5.73 Å². The molecule has 2 heterocycles. The quantitative estimate of drug-likeness (QED) is 0.804. The van der Waals surface area contributed by atoms with Crippen LogP contribution in [0.2, 0.25) is 0 Å². The molecule has 1 saturated heterocycles. The predicted octanol–water partition coefficient (Wildman–Crippen LogP) is 0.799. The van der Waals surface area contributed by atoms with Crippen LogP contribution in [0.5, 0.6) is 0 Å². The summed E-state index contributed by atoms with van der Waals surface area (Å²) in [6, 6.07) is 0. The molecule has 1 aromatic heterocycles. The summed E-state index contributed by atoms with van der Waals surface area (Å²) in [5.41, 5.74) is 5.37. The molecule has 14 heavy (non-hydrogen) atoms. The Bertz CT molecular complexity index is 286. The van der Waals surface area contributed by atoms with Gasteiger partial charge in [0, 0.05) is 11.9 Å². The molecule has 0 saturated carbocycles. The van der Waals surface area contributed by atoms with E-state index in [2.05, 4.69) is 10.2 Å². The molecule has 1 aromatic rings. The Morgan fingerprint density at radius 1 is 1.50 bits per heavy atom. The van der Waals surface area contributed by atoms with Crippen LogP contribution in [0.4, 0.5) is 0 Å². The van der Waals surface area contributed by atoms with Crippen molar-refractivity contribution in [2.45, 2.75) is 29.9 Å². The summed E-state index contributed by atoms with van der Waals surface area (Å²) in [5, 5.41) is 8.73. The lowest BCUT2D eigenvalue weighted by atomic mass is 10.2. The number of ether oxygens (including phenoxy) is 1. The van der Waals surface area contributed by atoms with Gasteiger partial charge in [0.1, 0.15) is 0 Å². The zero-order valence-corrected chi connectivity index (χ0v) is 8.63. The molecule has 0 radical (unpaired) electrons. The molecule has 0 aromatic carbocycles. The topological polar surface area (TPSA) is 74.2 Å². The Morgan fingerprint density at radius 2 is 2.43 bits per heavy atom. The third kappa shape index (κ3) is 2.46. The summed E-state index contributed by atoms with van der Waals surface area (Å²) in [5.74, 6) is 0.490. The number of rotatable bonds is 3. The van der Waals surface area contributed by atoms with E-state index in [0.717, 1.165) is 26.1 Å². The van der Waals surface area contributed by atoms with Crippen LogP contribution in [0, 0.1) is 0 Å². The molecule has 2 N–H and O–H groups in total. The lowest BCUT2D eigenvalue weighted by Crippen LogP contribution is -2.19. The van der Waals surface area contributed by atoms with Gasteiger partial charge in [0.05, 0.1) is 13.2 Å². The van der Waals surface area contributed by atoms with E-state index in [-0.39, 0.29) is 0 Å². The normalized spacial score (nSPS) is 22.5. The molecule has 2 rings (SSSR count). The fraction of sp³-hybridized carbons (Fsp3) is 0.750. The minimum Gasteiger partial charge on any atom is -0.415 e. The Morgan fingerprint density at radius 3 is 3.07 bits per heavy atom. The Kier molecular flexibility index (Phi) is 3.39. The molecule has 0 spiro atoms. The number of nitrogens with zero attached hydrogens (tertiary/aromatic N) is 2. The standard InChI is InChI=1S/C8H13N3O2S/c9-4-7-10-11-8(13-7)14-6-2-1-3-12-5-6/h6H,1-5,9H2. The van der Waals surface area contributed by atoms with Gasteiger partial charge < -0.3 is 14.9 Å². The molecule has 0 amide bonds. The smallest absolute Gasteiger partial charge is 0.276 e. The second kappa shape index (κ2) is 4.77. The summed E-state index contributed by atoms with van der Waals surface area (Å²) in [4.78, 5) is 0. The van der Waals surface area contributed by atoms with Gasteiger partial charge in [-0.2, -0.15) is 0 Å². The highest BCUT2D eigenvalue weighted by Gasteiger charge is 2.18. The van der Waals surface area contributed by atoms with E-state index in [1.807, 2.05) is 0 Å². The lowest BCUT2D eigenvalue weighted by molar-refractivity contribution is 0.101. The molecule has 0 aliphatic carbocycles. The molecule has 1 unspecified atom stereocenters. The lowest BCUT2D eigenvalue weighted by Gasteiger charge is -2.19. The van der Waals surface area contributed by atoms with Gasteiger partial charge in [-0.05, 0) is 12.8 Å². The first-order valence-electron chi connectivity index (χ1n) is 4.65. The highest BCUT2D eigenvalue weighted by Crippen LogP contribution is 2.27. The fourth-order valence-electron chi connectivity index (χ4n) is 1.32. The highest BCUT2D eigenvalue weighted by molar-refractivity contribution is 7.99. The van der Waals surface area contributed by atoms with Crippen molar-refractivity contribution in [3.8, 4) is 0 Å². The summed E-state index contributed by atoms with van der Waals surface area (Å²) in [6.45, 7) is 1.94. The third-order valence-electron chi connectivity index (χ3n) is 2.01. The Labute approximate surface area is 86.4 Å². The summed E-state index contributed by atoms with van der Waals surface area (Å²) < 4.78 is 10.6. The maximum absolute atomic E-state index is 5.37. The molecule has 6 heteroatoms. The van der Waals surface area contributed by atoms with E-state index in [1.165, 1.54) is 0 Å². The van der Waals surface area contributed by atoms with Gasteiger partial charge in [-0.3, -0.25) is 0 Å². The number of aromatic nitrogens is 2. The van der Waals surface area contributed by atoms with E-state index in [4.69, 9.17) is 14.9 Å². The second-order valence-electron chi connectivity index (χ2n) is 3.12. The first-order valence-corrected chi connectivity index (χ1v) is 5.53. The number of nitrogens with two attached hydrogens (primary N) is 1. The van der Waals surface area contributed by atoms with E-state index in [1.54, 1.807) is 11.8 Å². The van der Waals surface area contributed by atoms with Crippen LogP contribution in [-0.4, -0.2) is 28.7 Å². The average molecular weight is 215 g/mol. The van der Waals surface area contributed by atoms with Crippen molar-refractivity contribution in [2.75, 3.05) is 13.2 Å². The first-order chi connectivity index (χ1) is 6.88. The van der Waals surface area contributed by atoms with Crippen molar-refractivity contribution in [3.05, 3.63) is 5.89 Å². The molecule has 1 aliphatic rings. The van der Waals surface area contributed by atoms with Crippen LogP contribution in [0.3, 0.4) is 0 Å². The van der Waals surface area contributed by atoms with Crippen LogP contribution in [0.15, 0.2) is 9.64 Å². The molecule has 0 bridgehead atoms. The fourth-order valence-corrected chi connectivity index (χ4v) is 2.28. The van der Waals surface area contributed by atoms with Gasteiger partial charge in [0.25, 0.3) is 5.22 Å². The summed E-state index contributed by atoms with van der Waals surface area (Å²) in [7, 11) is 0. The van der Waals surface area contributed by atoms with Gasteiger partial charge in [0.15, 0.2) is 0 Å². The van der Waals surface area contributed by atoms with E-state index < -0.39 is 0 Å². The number of hydrogen-bond acceptors (Lipinski definition) is 6. The van der Waals surface area contributed by atoms with Crippen molar-refractivity contribution >= 4 is 11.8 Å². The molecule has 78 valence electrons. The Balaban J connectivity index is 1.89. The van der Waals surface area contributed by atoms with Crippen molar-refractivity contribution in [1.29, 1.82) is 0 Å². The van der Waals surface area contributed by atoms with Crippen LogP contribution >= 0.6 is 11.8 Å². The van der Waals surface area contributed by atoms with E-state index >= 15 is 0 Å². The minimum atomic E-state index is 0.300. The summed E-state index contributed by atoms with van der Waals surface area (Å²) in [6.07, 6.45) is 2.25.